The van der Waals surface area contributed by atoms with Gasteiger partial charge in [-0.1, -0.05) is 19.1 Å². The molecule has 0 aliphatic carbocycles. The van der Waals surface area contributed by atoms with E-state index in [0.29, 0.717) is 17.0 Å². The van der Waals surface area contributed by atoms with Gasteiger partial charge in [-0.05, 0) is 25.5 Å². The fourth-order valence-corrected chi connectivity index (χ4v) is 3.58. The third-order valence-electron chi connectivity index (χ3n) is 2.98. The second-order valence-electron chi connectivity index (χ2n) is 4.74. The van der Waals surface area contributed by atoms with E-state index < -0.39 is 9.84 Å². The Morgan fingerprint density at radius 1 is 1.25 bits per heavy atom. The SMILES string of the molecule is CCCS(=O)(=O)c1ccccc1Nc1cn(C)nc1C. The highest BCUT2D eigenvalue weighted by Crippen LogP contribution is 2.27. The number of nitrogens with one attached hydrogen (secondary N) is 1. The molecule has 0 atom stereocenters. The summed E-state index contributed by atoms with van der Waals surface area (Å²) < 4.78 is 26.2. The number of rotatable bonds is 5. The molecule has 2 rings (SSSR count). The van der Waals surface area contributed by atoms with Crippen LogP contribution < -0.4 is 5.32 Å². The number of aromatic nitrogens is 2. The molecule has 1 N–H and O–H groups in total. The van der Waals surface area contributed by atoms with Crippen LogP contribution in [0.3, 0.4) is 0 Å². The molecule has 108 valence electrons. The van der Waals surface area contributed by atoms with Gasteiger partial charge in [-0.15, -0.1) is 0 Å². The van der Waals surface area contributed by atoms with Crippen molar-refractivity contribution in [3.63, 3.8) is 0 Å². The normalized spacial score (nSPS) is 11.6. The van der Waals surface area contributed by atoms with Crippen LogP contribution in [0, 0.1) is 6.92 Å². The minimum Gasteiger partial charge on any atom is -0.352 e. The second-order valence-corrected chi connectivity index (χ2v) is 6.82. The molecule has 0 spiro atoms. The van der Waals surface area contributed by atoms with Crippen LogP contribution in [-0.2, 0) is 16.9 Å². The van der Waals surface area contributed by atoms with Crippen molar-refractivity contribution in [2.45, 2.75) is 25.2 Å². The predicted molar refractivity (Wildman–Crippen MR) is 80.0 cm³/mol. The number of aryl methyl sites for hydroxylation is 2. The Balaban J connectivity index is 2.41. The number of hydrogen-bond donors (Lipinski definition) is 1. The molecule has 1 aromatic carbocycles. The summed E-state index contributed by atoms with van der Waals surface area (Å²) in [5.41, 5.74) is 2.24. The predicted octanol–water partition coefficient (Wildman–Crippen LogP) is 2.66. The van der Waals surface area contributed by atoms with Gasteiger partial charge in [-0.25, -0.2) is 8.42 Å². The topological polar surface area (TPSA) is 64.0 Å². The highest BCUT2D eigenvalue weighted by atomic mass is 32.2. The molecule has 0 aliphatic rings. The van der Waals surface area contributed by atoms with Crippen molar-refractivity contribution in [1.82, 2.24) is 9.78 Å². The van der Waals surface area contributed by atoms with Crippen LogP contribution in [0.1, 0.15) is 19.0 Å². The van der Waals surface area contributed by atoms with Crippen molar-refractivity contribution in [2.75, 3.05) is 11.1 Å². The van der Waals surface area contributed by atoms with Gasteiger partial charge in [0.15, 0.2) is 9.84 Å². The number of nitrogens with zero attached hydrogens (tertiary/aromatic N) is 2. The molecule has 0 fully saturated rings. The van der Waals surface area contributed by atoms with Crippen LogP contribution >= 0.6 is 0 Å². The quantitative estimate of drug-likeness (QED) is 0.920. The van der Waals surface area contributed by atoms with Crippen molar-refractivity contribution in [3.8, 4) is 0 Å². The van der Waals surface area contributed by atoms with E-state index in [9.17, 15) is 8.42 Å². The third-order valence-corrected chi connectivity index (χ3v) is 4.95. The summed E-state index contributed by atoms with van der Waals surface area (Å²) >= 11 is 0. The zero-order chi connectivity index (χ0) is 14.8. The molecule has 2 aromatic rings. The summed E-state index contributed by atoms with van der Waals surface area (Å²) in [5.74, 6) is 0.151. The molecule has 0 radical (unpaired) electrons. The average Bonchev–Trinajstić information content (AvgIpc) is 2.68. The molecular weight excluding hydrogens is 274 g/mol. The Bertz CT molecular complexity index is 705. The van der Waals surface area contributed by atoms with Gasteiger partial charge in [0.25, 0.3) is 0 Å². The zero-order valence-corrected chi connectivity index (χ0v) is 12.7. The summed E-state index contributed by atoms with van der Waals surface area (Å²) in [6, 6.07) is 6.97. The Morgan fingerprint density at radius 3 is 2.55 bits per heavy atom. The van der Waals surface area contributed by atoms with E-state index in [0.717, 1.165) is 11.4 Å². The Kier molecular flexibility index (Phi) is 4.13. The summed E-state index contributed by atoms with van der Waals surface area (Å²) in [4.78, 5) is 0.338. The smallest absolute Gasteiger partial charge is 0.180 e. The molecule has 0 bridgehead atoms. The molecule has 0 saturated carbocycles. The first-order chi connectivity index (χ1) is 9.44. The number of hydrogen-bond acceptors (Lipinski definition) is 4. The Labute approximate surface area is 119 Å². The van der Waals surface area contributed by atoms with Gasteiger partial charge in [0.1, 0.15) is 0 Å². The van der Waals surface area contributed by atoms with Crippen LogP contribution in [0.2, 0.25) is 0 Å². The summed E-state index contributed by atoms with van der Waals surface area (Å²) in [6.07, 6.45) is 2.43. The van der Waals surface area contributed by atoms with Crippen LogP contribution in [0.25, 0.3) is 0 Å². The maximum absolute atomic E-state index is 12.3. The standard InChI is InChI=1S/C14H19N3O2S/c1-4-9-20(18,19)14-8-6-5-7-12(14)15-13-10-17(3)16-11(13)2/h5-8,10,15H,4,9H2,1-3H3. The molecule has 0 amide bonds. The zero-order valence-electron chi connectivity index (χ0n) is 11.9. The first-order valence-electron chi connectivity index (χ1n) is 6.53. The molecule has 20 heavy (non-hydrogen) atoms. The minimum absolute atomic E-state index is 0.151. The molecule has 0 unspecified atom stereocenters. The van der Waals surface area contributed by atoms with Gasteiger partial charge in [-0.2, -0.15) is 5.10 Å². The van der Waals surface area contributed by atoms with E-state index in [2.05, 4.69) is 10.4 Å². The van der Waals surface area contributed by atoms with Gasteiger partial charge < -0.3 is 5.32 Å². The number of para-hydroxylation sites is 1. The summed E-state index contributed by atoms with van der Waals surface area (Å²) in [7, 11) is -1.43. The molecule has 6 heteroatoms. The van der Waals surface area contributed by atoms with E-state index >= 15 is 0 Å². The van der Waals surface area contributed by atoms with Gasteiger partial charge in [-0.3, -0.25) is 4.68 Å². The van der Waals surface area contributed by atoms with E-state index in [1.807, 2.05) is 33.2 Å². The van der Waals surface area contributed by atoms with E-state index in [-0.39, 0.29) is 5.75 Å². The second kappa shape index (κ2) is 5.66. The first-order valence-corrected chi connectivity index (χ1v) is 8.18. The fourth-order valence-electron chi connectivity index (χ4n) is 2.09. The largest absolute Gasteiger partial charge is 0.352 e. The summed E-state index contributed by atoms with van der Waals surface area (Å²) in [6.45, 7) is 3.74. The van der Waals surface area contributed by atoms with Gasteiger partial charge >= 0.3 is 0 Å². The van der Waals surface area contributed by atoms with Crippen molar-refractivity contribution in [3.05, 3.63) is 36.2 Å². The monoisotopic (exact) mass is 293 g/mol. The lowest BCUT2D eigenvalue weighted by atomic mass is 10.3. The highest BCUT2D eigenvalue weighted by molar-refractivity contribution is 7.91. The van der Waals surface area contributed by atoms with E-state index in [1.54, 1.807) is 22.9 Å². The number of anilines is 2. The average molecular weight is 293 g/mol. The first kappa shape index (κ1) is 14.6. The van der Waals surface area contributed by atoms with E-state index in [4.69, 9.17) is 0 Å². The van der Waals surface area contributed by atoms with Crippen molar-refractivity contribution in [2.24, 2.45) is 7.05 Å². The Morgan fingerprint density at radius 2 is 1.95 bits per heavy atom. The lowest BCUT2D eigenvalue weighted by Gasteiger charge is -2.11. The lowest BCUT2D eigenvalue weighted by molar-refractivity contribution is 0.595. The van der Waals surface area contributed by atoms with Gasteiger partial charge in [0, 0.05) is 13.2 Å². The van der Waals surface area contributed by atoms with Crippen LogP contribution in [0.5, 0.6) is 0 Å². The number of benzene rings is 1. The van der Waals surface area contributed by atoms with Gasteiger partial charge in [0.2, 0.25) is 0 Å². The molecule has 0 saturated heterocycles. The van der Waals surface area contributed by atoms with Crippen LogP contribution in [0.15, 0.2) is 35.4 Å². The van der Waals surface area contributed by atoms with Crippen LogP contribution in [0.4, 0.5) is 11.4 Å². The lowest BCUT2D eigenvalue weighted by Crippen LogP contribution is -2.08. The maximum atomic E-state index is 12.3. The van der Waals surface area contributed by atoms with E-state index in [1.165, 1.54) is 0 Å². The maximum Gasteiger partial charge on any atom is 0.180 e. The molecule has 1 aromatic heterocycles. The molecule has 0 aliphatic heterocycles. The third kappa shape index (κ3) is 3.01. The van der Waals surface area contributed by atoms with Gasteiger partial charge in [0.05, 0.1) is 27.7 Å². The Hall–Kier alpha value is -1.82. The molecule has 1 heterocycles. The van der Waals surface area contributed by atoms with Crippen molar-refractivity contribution < 1.29 is 8.42 Å². The number of sulfone groups is 1. The minimum atomic E-state index is -3.26. The molecule has 5 nitrogen and oxygen atoms in total. The van der Waals surface area contributed by atoms with Crippen molar-refractivity contribution in [1.29, 1.82) is 0 Å². The summed E-state index contributed by atoms with van der Waals surface area (Å²) in [5, 5.41) is 7.40. The molecular formula is C14H19N3O2S. The van der Waals surface area contributed by atoms with Crippen LogP contribution in [-0.4, -0.2) is 24.0 Å². The highest BCUT2D eigenvalue weighted by Gasteiger charge is 2.18. The van der Waals surface area contributed by atoms with Crippen molar-refractivity contribution >= 4 is 21.2 Å². The fraction of sp³-hybridized carbons (Fsp3) is 0.357.